The maximum atomic E-state index is 12.9. The second-order valence-electron chi connectivity index (χ2n) is 8.76. The quantitative estimate of drug-likeness (QED) is 0.550. The highest BCUT2D eigenvalue weighted by Crippen LogP contribution is 2.56. The summed E-state index contributed by atoms with van der Waals surface area (Å²) in [6.45, 7) is 3.28. The van der Waals surface area contributed by atoms with Crippen molar-refractivity contribution in [1.82, 2.24) is 19.9 Å². The van der Waals surface area contributed by atoms with Crippen LogP contribution in [0, 0.1) is 18.5 Å². The molecule has 3 aromatic heterocycles. The first-order valence-electron chi connectivity index (χ1n) is 10.6. The fourth-order valence-corrected chi connectivity index (χ4v) is 4.66. The van der Waals surface area contributed by atoms with E-state index >= 15 is 0 Å². The predicted octanol–water partition coefficient (Wildman–Crippen LogP) is 5.19. The Kier molecular flexibility index (Phi) is 5.39. The summed E-state index contributed by atoms with van der Waals surface area (Å²) in [4.78, 5) is 19.3. The molecule has 1 aliphatic carbocycles. The van der Waals surface area contributed by atoms with E-state index in [1.54, 1.807) is 18.5 Å². The van der Waals surface area contributed by atoms with Crippen molar-refractivity contribution in [3.05, 3.63) is 59.3 Å². The Morgan fingerprint density at radius 2 is 1.97 bits per heavy atom. The van der Waals surface area contributed by atoms with Gasteiger partial charge in [0.05, 0.1) is 21.8 Å². The summed E-state index contributed by atoms with van der Waals surface area (Å²) in [5.41, 5.74) is 1.91. The van der Waals surface area contributed by atoms with Crippen molar-refractivity contribution in [2.45, 2.75) is 38.4 Å². The topological polar surface area (TPSA) is 66.8 Å². The van der Waals surface area contributed by atoms with Crippen molar-refractivity contribution < 1.29 is 13.2 Å². The summed E-state index contributed by atoms with van der Waals surface area (Å²) < 4.78 is 38.8. The zero-order valence-corrected chi connectivity index (χ0v) is 18.6. The van der Waals surface area contributed by atoms with Gasteiger partial charge in [0.1, 0.15) is 12.0 Å². The highest BCUT2D eigenvalue weighted by atomic mass is 35.5. The standard InChI is InChI=1S/C23H21ClF3N6/c1-14-7-19(17(12-30-14)20-28-5-2-6-29-20)33-13-22(3-4-22)9-16(33)11-32-21-18(24)8-15(10-31-21)23(25,26)27/h2,5-8,10,16H,3-4,9,11,13H2,1H3,(H,31,32)/t16-/m0/s1. The summed E-state index contributed by atoms with van der Waals surface area (Å²) >= 11 is 6.10. The number of hydrogen-bond donors (Lipinski definition) is 1. The second-order valence-corrected chi connectivity index (χ2v) is 9.17. The van der Waals surface area contributed by atoms with Crippen LogP contribution in [0.2, 0.25) is 5.02 Å². The average molecular weight is 474 g/mol. The molecule has 1 atom stereocenters. The molecule has 1 N–H and O–H groups in total. The number of nitrogens with one attached hydrogen (secondary N) is 1. The van der Waals surface area contributed by atoms with Gasteiger partial charge in [-0.3, -0.25) is 4.98 Å². The maximum absolute atomic E-state index is 12.9. The van der Waals surface area contributed by atoms with E-state index in [1.807, 2.05) is 13.0 Å². The van der Waals surface area contributed by atoms with Crippen LogP contribution in [0.4, 0.5) is 24.7 Å². The van der Waals surface area contributed by atoms with E-state index in [2.05, 4.69) is 36.3 Å². The lowest BCUT2D eigenvalue weighted by molar-refractivity contribution is -0.137. The number of rotatable bonds is 5. The van der Waals surface area contributed by atoms with E-state index in [1.165, 1.54) is 0 Å². The minimum Gasteiger partial charge on any atom is -0.367 e. The molecule has 1 saturated carbocycles. The Labute approximate surface area is 194 Å². The third-order valence-corrected chi connectivity index (χ3v) is 6.58. The molecule has 10 heteroatoms. The van der Waals surface area contributed by atoms with Gasteiger partial charge in [0.25, 0.3) is 0 Å². The first-order valence-corrected chi connectivity index (χ1v) is 11.0. The van der Waals surface area contributed by atoms with Crippen molar-refractivity contribution in [3.8, 4) is 11.4 Å². The van der Waals surface area contributed by atoms with E-state index in [0.29, 0.717) is 12.4 Å². The van der Waals surface area contributed by atoms with Gasteiger partial charge >= 0.3 is 6.18 Å². The van der Waals surface area contributed by atoms with E-state index < -0.39 is 11.7 Å². The fraction of sp³-hybridized carbons (Fsp3) is 0.391. The van der Waals surface area contributed by atoms with Gasteiger partial charge < -0.3 is 10.2 Å². The molecule has 33 heavy (non-hydrogen) atoms. The molecule has 6 nitrogen and oxygen atoms in total. The van der Waals surface area contributed by atoms with E-state index in [9.17, 15) is 13.2 Å². The third kappa shape index (κ3) is 4.46. The van der Waals surface area contributed by atoms with Gasteiger partial charge in [0.2, 0.25) is 0 Å². The molecule has 171 valence electrons. The minimum atomic E-state index is -4.48. The van der Waals surface area contributed by atoms with Crippen LogP contribution in [-0.2, 0) is 6.18 Å². The number of pyridine rings is 2. The van der Waals surface area contributed by atoms with Crippen LogP contribution in [0.5, 0.6) is 0 Å². The Morgan fingerprint density at radius 3 is 2.64 bits per heavy atom. The maximum Gasteiger partial charge on any atom is 0.417 e. The molecule has 4 heterocycles. The summed E-state index contributed by atoms with van der Waals surface area (Å²) in [6.07, 6.45) is 6.06. The lowest BCUT2D eigenvalue weighted by Gasteiger charge is -2.29. The van der Waals surface area contributed by atoms with Gasteiger partial charge in [-0.2, -0.15) is 13.2 Å². The largest absolute Gasteiger partial charge is 0.417 e. The molecule has 1 radical (unpaired) electrons. The summed E-state index contributed by atoms with van der Waals surface area (Å²) in [7, 11) is 0. The van der Waals surface area contributed by atoms with Crippen LogP contribution in [0.15, 0.2) is 36.8 Å². The number of nitrogens with zero attached hydrogens (tertiary/aromatic N) is 5. The summed E-state index contributed by atoms with van der Waals surface area (Å²) in [5, 5.41) is 3.11. The molecular formula is C23H21ClF3N6. The minimum absolute atomic E-state index is 0.0537. The molecule has 3 aromatic rings. The second kappa shape index (κ2) is 8.13. The highest BCUT2D eigenvalue weighted by Gasteiger charge is 2.52. The van der Waals surface area contributed by atoms with Crippen molar-refractivity contribution in [2.75, 3.05) is 23.3 Å². The van der Waals surface area contributed by atoms with E-state index in [4.69, 9.17) is 11.6 Å². The first kappa shape index (κ1) is 21.9. The van der Waals surface area contributed by atoms with Crippen LogP contribution in [-0.4, -0.2) is 39.1 Å². The third-order valence-electron chi connectivity index (χ3n) is 6.29. The average Bonchev–Trinajstić information content (AvgIpc) is 3.44. The molecule has 1 saturated heterocycles. The van der Waals surface area contributed by atoms with Crippen molar-refractivity contribution in [3.63, 3.8) is 0 Å². The molecule has 2 fully saturated rings. The lowest BCUT2D eigenvalue weighted by Crippen LogP contribution is -2.35. The Morgan fingerprint density at radius 1 is 1.21 bits per heavy atom. The van der Waals surface area contributed by atoms with E-state index in [-0.39, 0.29) is 22.3 Å². The van der Waals surface area contributed by atoms with Crippen molar-refractivity contribution >= 4 is 23.1 Å². The Hall–Kier alpha value is -2.94. The van der Waals surface area contributed by atoms with Crippen molar-refractivity contribution in [2.24, 2.45) is 5.41 Å². The van der Waals surface area contributed by atoms with Crippen LogP contribution in [0.3, 0.4) is 0 Å². The van der Waals surface area contributed by atoms with Crippen LogP contribution < -0.4 is 10.2 Å². The van der Waals surface area contributed by atoms with Gasteiger partial charge in [0.15, 0.2) is 5.82 Å². The Bertz CT molecular complexity index is 1170. The number of hydrogen-bond acceptors (Lipinski definition) is 6. The van der Waals surface area contributed by atoms with E-state index in [0.717, 1.165) is 55.0 Å². The fourth-order valence-electron chi connectivity index (χ4n) is 4.43. The summed E-state index contributed by atoms with van der Waals surface area (Å²) in [5.74, 6) is 0.793. The number of halogens is 4. The highest BCUT2D eigenvalue weighted by molar-refractivity contribution is 6.32. The van der Waals surface area contributed by atoms with Gasteiger partial charge in [-0.25, -0.2) is 15.0 Å². The SMILES string of the molecule is Cc1cc(N2CC3(CC3)C[C@H]2CNc2ncc(C(F)(F)F)cc2Cl)c(-c2ncccn2)[c]n1. The molecule has 2 aliphatic rings. The van der Waals surface area contributed by atoms with Gasteiger partial charge in [-0.1, -0.05) is 11.6 Å². The smallest absolute Gasteiger partial charge is 0.367 e. The van der Waals surface area contributed by atoms with Gasteiger partial charge in [-0.05, 0) is 49.8 Å². The first-order chi connectivity index (χ1) is 15.7. The monoisotopic (exact) mass is 473 g/mol. The van der Waals surface area contributed by atoms with Crippen LogP contribution >= 0.6 is 11.6 Å². The molecule has 1 spiro atoms. The van der Waals surface area contributed by atoms with Gasteiger partial charge in [-0.15, -0.1) is 0 Å². The molecule has 0 bridgehead atoms. The normalized spacial score (nSPS) is 19.2. The zero-order chi connectivity index (χ0) is 23.2. The zero-order valence-electron chi connectivity index (χ0n) is 17.8. The number of alkyl halides is 3. The van der Waals surface area contributed by atoms with Crippen LogP contribution in [0.25, 0.3) is 11.4 Å². The molecule has 0 unspecified atom stereocenters. The summed E-state index contributed by atoms with van der Waals surface area (Å²) in [6, 6.07) is 4.76. The Balaban J connectivity index is 1.42. The number of aryl methyl sites for hydroxylation is 1. The molecule has 5 rings (SSSR count). The lowest BCUT2D eigenvalue weighted by atomic mass is 10.0. The van der Waals surface area contributed by atoms with Gasteiger partial charge in [0, 0.05) is 43.4 Å². The predicted molar refractivity (Wildman–Crippen MR) is 119 cm³/mol. The number of anilines is 2. The molecule has 1 aliphatic heterocycles. The van der Waals surface area contributed by atoms with Crippen LogP contribution in [0.1, 0.15) is 30.5 Å². The molecular weight excluding hydrogens is 453 g/mol. The molecule has 0 amide bonds. The number of aromatic nitrogens is 4. The van der Waals surface area contributed by atoms with Crippen molar-refractivity contribution in [1.29, 1.82) is 0 Å². The molecule has 0 aromatic carbocycles.